The molecular formula is C27H44N2O5. The van der Waals surface area contributed by atoms with Crippen molar-refractivity contribution in [3.8, 4) is 0 Å². The first-order valence-corrected chi connectivity index (χ1v) is 12.6. The Balaban J connectivity index is 2.02. The molecule has 0 radical (unpaired) electrons. The minimum Gasteiger partial charge on any atom is -0.386 e. The standard InChI is InChI=1S/C27H44N2O5/c1-7-18(2)16-22(33-5)17-24(30)29-15-11-14-23(29)26(34-6)19(3)27(32)28-20(4)25(31)21-12-9-8-10-13-21/h8-10,12-13,18-20,22-23,25-26,31H,7,11,14-17H2,1-6H3,(H,28,32)/t18-,19+,20+,22-,23-,25+,26?/m0/s1. The summed E-state index contributed by atoms with van der Waals surface area (Å²) in [4.78, 5) is 28.1. The molecule has 1 heterocycles. The van der Waals surface area contributed by atoms with E-state index < -0.39 is 24.2 Å². The maximum Gasteiger partial charge on any atom is 0.225 e. The van der Waals surface area contributed by atoms with Gasteiger partial charge in [-0.15, -0.1) is 0 Å². The Kier molecular flexibility index (Phi) is 11.5. The summed E-state index contributed by atoms with van der Waals surface area (Å²) >= 11 is 0. The largest absolute Gasteiger partial charge is 0.386 e. The van der Waals surface area contributed by atoms with Crippen LogP contribution in [0.25, 0.3) is 0 Å². The van der Waals surface area contributed by atoms with Crippen molar-refractivity contribution in [1.29, 1.82) is 0 Å². The molecule has 1 aliphatic heterocycles. The van der Waals surface area contributed by atoms with Gasteiger partial charge in [0.05, 0.1) is 42.7 Å². The van der Waals surface area contributed by atoms with Crippen LogP contribution in [0.5, 0.6) is 0 Å². The molecule has 1 aliphatic rings. The van der Waals surface area contributed by atoms with Crippen LogP contribution in [0.2, 0.25) is 0 Å². The lowest BCUT2D eigenvalue weighted by atomic mass is 9.93. The van der Waals surface area contributed by atoms with Gasteiger partial charge >= 0.3 is 0 Å². The van der Waals surface area contributed by atoms with Gasteiger partial charge in [-0.05, 0) is 37.7 Å². The molecule has 192 valence electrons. The summed E-state index contributed by atoms with van der Waals surface area (Å²) in [6.07, 6.45) is 2.59. The van der Waals surface area contributed by atoms with Gasteiger partial charge in [0, 0.05) is 20.8 Å². The maximum absolute atomic E-state index is 13.2. The highest BCUT2D eigenvalue weighted by Crippen LogP contribution is 2.28. The summed E-state index contributed by atoms with van der Waals surface area (Å²) in [5.41, 5.74) is 0.754. The predicted octanol–water partition coefficient (Wildman–Crippen LogP) is 3.71. The Morgan fingerprint density at radius 2 is 1.82 bits per heavy atom. The molecule has 7 atom stereocenters. The lowest BCUT2D eigenvalue weighted by Crippen LogP contribution is -2.51. The first-order valence-electron chi connectivity index (χ1n) is 12.6. The number of nitrogens with one attached hydrogen (secondary N) is 1. The molecule has 0 saturated carbocycles. The van der Waals surface area contributed by atoms with Gasteiger partial charge in [-0.25, -0.2) is 0 Å². The average Bonchev–Trinajstić information content (AvgIpc) is 3.33. The number of methoxy groups -OCH3 is 2. The van der Waals surface area contributed by atoms with Gasteiger partial charge in [0.15, 0.2) is 0 Å². The second-order valence-corrected chi connectivity index (χ2v) is 9.75. The minimum atomic E-state index is -0.806. The van der Waals surface area contributed by atoms with Gasteiger partial charge < -0.3 is 24.8 Å². The second kappa shape index (κ2) is 13.8. The number of hydrogen-bond acceptors (Lipinski definition) is 5. The van der Waals surface area contributed by atoms with Crippen LogP contribution in [-0.4, -0.2) is 66.9 Å². The molecule has 34 heavy (non-hydrogen) atoms. The lowest BCUT2D eigenvalue weighted by molar-refractivity contribution is -0.142. The van der Waals surface area contributed by atoms with Gasteiger partial charge in [0.1, 0.15) is 0 Å². The number of rotatable bonds is 13. The molecule has 2 rings (SSSR count). The van der Waals surface area contributed by atoms with E-state index in [0.717, 1.165) is 31.2 Å². The van der Waals surface area contributed by atoms with E-state index in [4.69, 9.17) is 9.47 Å². The van der Waals surface area contributed by atoms with E-state index in [1.54, 1.807) is 21.1 Å². The molecule has 0 aromatic heterocycles. The van der Waals surface area contributed by atoms with Gasteiger partial charge in [0.25, 0.3) is 0 Å². The SMILES string of the molecule is CC[C@H](C)C[C@@H](CC(=O)N1CCC[C@H]1C(OC)[C@@H](C)C(=O)N[C@H](C)[C@@H](O)c1ccccc1)OC. The van der Waals surface area contributed by atoms with Crippen molar-refractivity contribution in [2.45, 2.75) is 90.2 Å². The molecule has 0 bridgehead atoms. The van der Waals surface area contributed by atoms with Crippen molar-refractivity contribution in [3.63, 3.8) is 0 Å². The van der Waals surface area contributed by atoms with Crippen molar-refractivity contribution in [3.05, 3.63) is 35.9 Å². The van der Waals surface area contributed by atoms with Crippen LogP contribution in [0.15, 0.2) is 30.3 Å². The number of carbonyl (C=O) groups excluding carboxylic acids is 2. The van der Waals surface area contributed by atoms with Gasteiger partial charge in [-0.3, -0.25) is 9.59 Å². The van der Waals surface area contributed by atoms with E-state index in [1.807, 2.05) is 42.2 Å². The molecule has 0 spiro atoms. The Labute approximate surface area is 205 Å². The summed E-state index contributed by atoms with van der Waals surface area (Å²) < 4.78 is 11.4. The number of aliphatic hydroxyl groups is 1. The van der Waals surface area contributed by atoms with Gasteiger partial charge in [-0.1, -0.05) is 57.5 Å². The molecule has 0 aliphatic carbocycles. The number of ether oxygens (including phenoxy) is 2. The third-order valence-electron chi connectivity index (χ3n) is 7.26. The molecule has 7 nitrogen and oxygen atoms in total. The molecule has 2 amide bonds. The van der Waals surface area contributed by atoms with Crippen molar-refractivity contribution in [1.82, 2.24) is 10.2 Å². The zero-order valence-electron chi connectivity index (χ0n) is 21.7. The third kappa shape index (κ3) is 7.52. The van der Waals surface area contributed by atoms with Gasteiger partial charge in [0.2, 0.25) is 11.8 Å². The van der Waals surface area contributed by atoms with Crippen LogP contribution in [0.1, 0.15) is 71.5 Å². The van der Waals surface area contributed by atoms with Crippen LogP contribution in [-0.2, 0) is 19.1 Å². The minimum absolute atomic E-state index is 0.0557. The Morgan fingerprint density at radius 3 is 2.41 bits per heavy atom. The number of aliphatic hydroxyl groups excluding tert-OH is 1. The fourth-order valence-corrected chi connectivity index (χ4v) is 4.85. The molecule has 7 heteroatoms. The number of likely N-dealkylation sites (tertiary alicyclic amines) is 1. The number of amides is 2. The first-order chi connectivity index (χ1) is 16.2. The third-order valence-corrected chi connectivity index (χ3v) is 7.26. The van der Waals surface area contributed by atoms with E-state index in [1.165, 1.54) is 0 Å². The van der Waals surface area contributed by atoms with Crippen molar-refractivity contribution in [2.24, 2.45) is 11.8 Å². The highest BCUT2D eigenvalue weighted by molar-refractivity contribution is 5.80. The monoisotopic (exact) mass is 476 g/mol. The predicted molar refractivity (Wildman–Crippen MR) is 133 cm³/mol. The normalized spacial score (nSPS) is 21.4. The Hall–Kier alpha value is -1.96. The molecule has 1 fully saturated rings. The zero-order chi connectivity index (χ0) is 25.3. The Bertz CT molecular complexity index is 759. The molecule has 2 N–H and O–H groups in total. The summed E-state index contributed by atoms with van der Waals surface area (Å²) in [6, 6.07) is 8.67. The fraction of sp³-hybridized carbons (Fsp3) is 0.704. The smallest absolute Gasteiger partial charge is 0.225 e. The quantitative estimate of drug-likeness (QED) is 0.453. The summed E-state index contributed by atoms with van der Waals surface area (Å²) in [6.45, 7) is 8.60. The summed E-state index contributed by atoms with van der Waals surface area (Å²) in [5, 5.41) is 13.6. The van der Waals surface area contributed by atoms with E-state index in [0.29, 0.717) is 18.9 Å². The van der Waals surface area contributed by atoms with Crippen LogP contribution >= 0.6 is 0 Å². The molecule has 1 unspecified atom stereocenters. The Morgan fingerprint density at radius 1 is 1.15 bits per heavy atom. The number of hydrogen-bond donors (Lipinski definition) is 2. The maximum atomic E-state index is 13.2. The van der Waals surface area contributed by atoms with E-state index >= 15 is 0 Å². The van der Waals surface area contributed by atoms with Gasteiger partial charge in [-0.2, -0.15) is 0 Å². The molecule has 1 aromatic rings. The van der Waals surface area contributed by atoms with Crippen LogP contribution in [0.3, 0.4) is 0 Å². The van der Waals surface area contributed by atoms with Crippen molar-refractivity contribution in [2.75, 3.05) is 20.8 Å². The molecular weight excluding hydrogens is 432 g/mol. The highest BCUT2D eigenvalue weighted by atomic mass is 16.5. The average molecular weight is 477 g/mol. The van der Waals surface area contributed by atoms with Crippen LogP contribution in [0.4, 0.5) is 0 Å². The zero-order valence-corrected chi connectivity index (χ0v) is 21.7. The fourth-order valence-electron chi connectivity index (χ4n) is 4.85. The summed E-state index contributed by atoms with van der Waals surface area (Å²) in [5.74, 6) is -0.122. The molecule has 1 saturated heterocycles. The summed E-state index contributed by atoms with van der Waals surface area (Å²) in [7, 11) is 3.26. The van der Waals surface area contributed by atoms with E-state index in [9.17, 15) is 14.7 Å². The van der Waals surface area contributed by atoms with Crippen molar-refractivity contribution < 1.29 is 24.2 Å². The van der Waals surface area contributed by atoms with E-state index in [2.05, 4.69) is 19.2 Å². The van der Waals surface area contributed by atoms with E-state index in [-0.39, 0.29) is 24.0 Å². The lowest BCUT2D eigenvalue weighted by Gasteiger charge is -2.35. The van der Waals surface area contributed by atoms with Crippen LogP contribution < -0.4 is 5.32 Å². The second-order valence-electron chi connectivity index (χ2n) is 9.75. The topological polar surface area (TPSA) is 88.1 Å². The molecule has 1 aromatic carbocycles. The number of carbonyl (C=O) groups is 2. The van der Waals surface area contributed by atoms with Crippen molar-refractivity contribution >= 4 is 11.8 Å². The number of nitrogens with zero attached hydrogens (tertiary/aromatic N) is 1. The van der Waals surface area contributed by atoms with Crippen LogP contribution in [0, 0.1) is 11.8 Å². The first kappa shape index (κ1) is 28.3. The highest BCUT2D eigenvalue weighted by Gasteiger charge is 2.40. The number of benzene rings is 1.